The Morgan fingerprint density at radius 3 is 2.60 bits per heavy atom. The maximum absolute atomic E-state index is 12.3. The number of halogens is 1. The van der Waals surface area contributed by atoms with Gasteiger partial charge in [0.05, 0.1) is 17.9 Å². The SMILES string of the molecule is C[C@H](NC(=O)[C@@H]1CCC[C@@H]1C(=O)O)c1ccccc1Br. The first-order valence-corrected chi connectivity index (χ1v) is 7.57. The van der Waals surface area contributed by atoms with Gasteiger partial charge in [-0.15, -0.1) is 0 Å². The highest BCUT2D eigenvalue weighted by atomic mass is 79.9. The Balaban J connectivity index is 2.04. The Kier molecular flexibility index (Phi) is 4.81. The monoisotopic (exact) mass is 339 g/mol. The minimum absolute atomic E-state index is 0.145. The molecule has 20 heavy (non-hydrogen) atoms. The highest BCUT2D eigenvalue weighted by Crippen LogP contribution is 2.33. The van der Waals surface area contributed by atoms with E-state index in [9.17, 15) is 9.59 Å². The van der Waals surface area contributed by atoms with Crippen LogP contribution in [0.5, 0.6) is 0 Å². The lowest BCUT2D eigenvalue weighted by Gasteiger charge is -2.20. The Hall–Kier alpha value is -1.36. The number of carboxylic acid groups (broad SMARTS) is 1. The summed E-state index contributed by atoms with van der Waals surface area (Å²) in [7, 11) is 0. The van der Waals surface area contributed by atoms with Crippen LogP contribution in [0.3, 0.4) is 0 Å². The molecule has 1 aromatic carbocycles. The molecule has 0 radical (unpaired) electrons. The van der Waals surface area contributed by atoms with Gasteiger partial charge in [0.15, 0.2) is 0 Å². The number of aliphatic carboxylic acids is 1. The molecule has 2 N–H and O–H groups in total. The van der Waals surface area contributed by atoms with Gasteiger partial charge in [0.1, 0.15) is 0 Å². The highest BCUT2D eigenvalue weighted by molar-refractivity contribution is 9.10. The molecule has 0 heterocycles. The minimum atomic E-state index is -0.865. The summed E-state index contributed by atoms with van der Waals surface area (Å²) in [4.78, 5) is 23.4. The molecule has 1 aromatic rings. The van der Waals surface area contributed by atoms with Crippen molar-refractivity contribution in [2.45, 2.75) is 32.2 Å². The largest absolute Gasteiger partial charge is 0.481 e. The molecule has 1 aliphatic rings. The van der Waals surface area contributed by atoms with Gasteiger partial charge >= 0.3 is 5.97 Å². The molecule has 0 bridgehead atoms. The molecule has 0 saturated heterocycles. The summed E-state index contributed by atoms with van der Waals surface area (Å²) in [6, 6.07) is 7.55. The van der Waals surface area contributed by atoms with Crippen molar-refractivity contribution >= 4 is 27.8 Å². The van der Waals surface area contributed by atoms with Gasteiger partial charge in [-0.05, 0) is 31.4 Å². The summed E-state index contributed by atoms with van der Waals surface area (Å²) in [5.41, 5.74) is 0.991. The van der Waals surface area contributed by atoms with E-state index in [0.717, 1.165) is 16.5 Å². The van der Waals surface area contributed by atoms with Gasteiger partial charge in [-0.25, -0.2) is 0 Å². The number of nitrogens with one attached hydrogen (secondary N) is 1. The van der Waals surface area contributed by atoms with Gasteiger partial charge in [0.25, 0.3) is 0 Å². The van der Waals surface area contributed by atoms with Gasteiger partial charge in [-0.3, -0.25) is 9.59 Å². The molecular formula is C15H18BrNO3. The second-order valence-electron chi connectivity index (χ2n) is 5.23. The lowest BCUT2D eigenvalue weighted by atomic mass is 9.94. The fourth-order valence-corrected chi connectivity index (χ4v) is 3.42. The minimum Gasteiger partial charge on any atom is -0.481 e. The second-order valence-corrected chi connectivity index (χ2v) is 6.09. The van der Waals surface area contributed by atoms with Crippen LogP contribution >= 0.6 is 15.9 Å². The lowest BCUT2D eigenvalue weighted by Crippen LogP contribution is -2.36. The van der Waals surface area contributed by atoms with E-state index >= 15 is 0 Å². The van der Waals surface area contributed by atoms with Crippen LogP contribution in [0, 0.1) is 11.8 Å². The molecule has 3 atom stereocenters. The maximum atomic E-state index is 12.3. The van der Waals surface area contributed by atoms with Crippen LogP contribution in [0.1, 0.15) is 37.8 Å². The summed E-state index contributed by atoms with van der Waals surface area (Å²) in [6.45, 7) is 1.91. The van der Waals surface area contributed by atoms with E-state index in [1.807, 2.05) is 31.2 Å². The van der Waals surface area contributed by atoms with E-state index in [0.29, 0.717) is 12.8 Å². The number of hydrogen-bond acceptors (Lipinski definition) is 2. The first-order chi connectivity index (χ1) is 9.50. The Morgan fingerprint density at radius 2 is 1.95 bits per heavy atom. The van der Waals surface area contributed by atoms with Crippen LogP contribution in [0.15, 0.2) is 28.7 Å². The topological polar surface area (TPSA) is 66.4 Å². The predicted molar refractivity (Wildman–Crippen MR) is 79.2 cm³/mol. The third-order valence-corrected chi connectivity index (χ3v) is 4.62. The Labute approximate surface area is 126 Å². The number of benzene rings is 1. The quantitative estimate of drug-likeness (QED) is 0.885. The Bertz CT molecular complexity index is 518. The van der Waals surface area contributed by atoms with Gasteiger partial charge < -0.3 is 10.4 Å². The van der Waals surface area contributed by atoms with E-state index in [1.165, 1.54) is 0 Å². The third kappa shape index (κ3) is 3.20. The summed E-state index contributed by atoms with van der Waals surface area (Å²) < 4.78 is 0.939. The molecule has 1 saturated carbocycles. The van der Waals surface area contributed by atoms with E-state index in [1.54, 1.807) is 0 Å². The van der Waals surface area contributed by atoms with Crippen molar-refractivity contribution in [2.24, 2.45) is 11.8 Å². The summed E-state index contributed by atoms with van der Waals surface area (Å²) in [5.74, 6) is -1.96. The molecule has 108 valence electrons. The van der Waals surface area contributed by atoms with E-state index < -0.39 is 17.8 Å². The van der Waals surface area contributed by atoms with Crippen molar-refractivity contribution < 1.29 is 14.7 Å². The van der Waals surface area contributed by atoms with Crippen molar-refractivity contribution in [3.63, 3.8) is 0 Å². The zero-order valence-electron chi connectivity index (χ0n) is 11.3. The van der Waals surface area contributed by atoms with Crippen LogP contribution in [-0.4, -0.2) is 17.0 Å². The van der Waals surface area contributed by atoms with Crippen LogP contribution in [0.25, 0.3) is 0 Å². The molecule has 4 nitrogen and oxygen atoms in total. The number of carbonyl (C=O) groups is 2. The van der Waals surface area contributed by atoms with Crippen molar-refractivity contribution in [3.8, 4) is 0 Å². The van der Waals surface area contributed by atoms with Crippen LogP contribution in [0.4, 0.5) is 0 Å². The van der Waals surface area contributed by atoms with Gasteiger partial charge in [-0.2, -0.15) is 0 Å². The van der Waals surface area contributed by atoms with Crippen LogP contribution < -0.4 is 5.32 Å². The summed E-state index contributed by atoms with van der Waals surface area (Å²) in [6.07, 6.45) is 2.06. The summed E-state index contributed by atoms with van der Waals surface area (Å²) >= 11 is 3.46. The van der Waals surface area contributed by atoms with Crippen molar-refractivity contribution in [1.82, 2.24) is 5.32 Å². The fraction of sp³-hybridized carbons (Fsp3) is 0.467. The van der Waals surface area contributed by atoms with E-state index in [-0.39, 0.29) is 11.9 Å². The first-order valence-electron chi connectivity index (χ1n) is 6.78. The number of amides is 1. The van der Waals surface area contributed by atoms with Gasteiger partial charge in [-0.1, -0.05) is 40.5 Å². The van der Waals surface area contributed by atoms with Crippen molar-refractivity contribution in [2.75, 3.05) is 0 Å². The normalized spacial score (nSPS) is 23.3. The average molecular weight is 340 g/mol. The molecular weight excluding hydrogens is 322 g/mol. The molecule has 0 spiro atoms. The van der Waals surface area contributed by atoms with E-state index in [4.69, 9.17) is 5.11 Å². The standard InChI is InChI=1S/C15H18BrNO3/c1-9(10-5-2-3-8-13(10)16)17-14(18)11-6-4-7-12(11)15(19)20/h2-3,5,8-9,11-12H,4,6-7H2,1H3,(H,17,18)(H,19,20)/t9-,11+,12-/m0/s1. The van der Waals surface area contributed by atoms with Crippen molar-refractivity contribution in [1.29, 1.82) is 0 Å². The number of hydrogen-bond donors (Lipinski definition) is 2. The summed E-state index contributed by atoms with van der Waals surface area (Å²) in [5, 5.41) is 12.1. The number of carboxylic acids is 1. The zero-order chi connectivity index (χ0) is 14.7. The second kappa shape index (κ2) is 6.39. The Morgan fingerprint density at radius 1 is 1.30 bits per heavy atom. The highest BCUT2D eigenvalue weighted by Gasteiger charge is 2.38. The van der Waals surface area contributed by atoms with Crippen LogP contribution in [-0.2, 0) is 9.59 Å². The molecule has 1 amide bonds. The van der Waals surface area contributed by atoms with Crippen molar-refractivity contribution in [3.05, 3.63) is 34.3 Å². The number of rotatable bonds is 4. The molecule has 0 unspecified atom stereocenters. The molecule has 1 fully saturated rings. The van der Waals surface area contributed by atoms with Gasteiger partial charge in [0, 0.05) is 4.47 Å². The van der Waals surface area contributed by atoms with Crippen LogP contribution in [0.2, 0.25) is 0 Å². The molecule has 1 aliphatic carbocycles. The molecule has 2 rings (SSSR count). The third-order valence-electron chi connectivity index (χ3n) is 3.90. The van der Waals surface area contributed by atoms with E-state index in [2.05, 4.69) is 21.2 Å². The predicted octanol–water partition coefficient (Wildman–Crippen LogP) is 3.13. The smallest absolute Gasteiger partial charge is 0.307 e. The molecule has 5 heteroatoms. The zero-order valence-corrected chi connectivity index (χ0v) is 12.9. The fourth-order valence-electron chi connectivity index (χ4n) is 2.79. The maximum Gasteiger partial charge on any atom is 0.307 e. The van der Waals surface area contributed by atoms with Gasteiger partial charge in [0.2, 0.25) is 5.91 Å². The first kappa shape index (κ1) is 15.0. The molecule has 0 aliphatic heterocycles. The average Bonchev–Trinajstić information content (AvgIpc) is 2.88. The number of carbonyl (C=O) groups excluding carboxylic acids is 1. The molecule has 0 aromatic heterocycles. The lowest BCUT2D eigenvalue weighted by molar-refractivity contribution is -0.146.